The average Bonchev–Trinajstić information content (AvgIpc) is 2.10. The Morgan fingerprint density at radius 2 is 1.19 bits per heavy atom. The van der Waals surface area contributed by atoms with Gasteiger partial charge < -0.3 is 9.59 Å². The third kappa shape index (κ3) is 4.38. The van der Waals surface area contributed by atoms with Gasteiger partial charge in [-0.05, 0) is 0 Å². The number of halogens is 9. The molecule has 0 saturated heterocycles. The Balaban J connectivity index is 5.31. The molecule has 0 saturated carbocycles. The van der Waals surface area contributed by atoms with Crippen LogP contribution in [0.25, 0.3) is 0 Å². The molecule has 0 aromatic heterocycles. The maximum absolute atomic E-state index is 13.2. The second-order valence-electron chi connectivity index (χ2n) is 5.68. The average molecular weight is 336 g/mol. The number of hydrogen-bond donors (Lipinski definition) is 1. The van der Waals surface area contributed by atoms with E-state index in [2.05, 4.69) is 0 Å². The number of likely N-dealkylation sites (N-methyl/N-ethyl adjacent to an activating group) is 1. The first-order chi connectivity index (χ1) is 8.85. The van der Waals surface area contributed by atoms with Gasteiger partial charge in [0.1, 0.15) is 12.6 Å². The van der Waals surface area contributed by atoms with Crippen LogP contribution in [-0.4, -0.2) is 67.3 Å². The third-order valence-corrected chi connectivity index (χ3v) is 2.46. The monoisotopic (exact) mass is 336 g/mol. The third-order valence-electron chi connectivity index (χ3n) is 2.46. The van der Waals surface area contributed by atoms with Crippen molar-refractivity contribution in [3.63, 3.8) is 0 Å². The molecule has 0 fully saturated rings. The molecule has 0 bridgehead atoms. The standard InChI is InChI=1S/C10H15F9NO/c1-20(2,3)5-6(21)4-7(11,12)8(13,14)9(15,16)10(17,18)19/h6,21H,4-5H2,1-3H3/q+1. The van der Waals surface area contributed by atoms with Crippen molar-refractivity contribution in [3.05, 3.63) is 0 Å². The van der Waals surface area contributed by atoms with Crippen LogP contribution < -0.4 is 0 Å². The van der Waals surface area contributed by atoms with Gasteiger partial charge in [0.05, 0.1) is 21.1 Å². The first-order valence-corrected chi connectivity index (χ1v) is 5.54. The minimum Gasteiger partial charge on any atom is -0.387 e. The second kappa shape index (κ2) is 5.49. The van der Waals surface area contributed by atoms with Crippen molar-refractivity contribution in [1.82, 2.24) is 0 Å². The van der Waals surface area contributed by atoms with Crippen molar-refractivity contribution in [2.75, 3.05) is 27.7 Å². The van der Waals surface area contributed by atoms with E-state index < -0.39 is 43.0 Å². The van der Waals surface area contributed by atoms with Crippen LogP contribution in [0.2, 0.25) is 0 Å². The van der Waals surface area contributed by atoms with Gasteiger partial charge in [-0.25, -0.2) is 0 Å². The Labute approximate surface area is 114 Å². The Bertz CT molecular complexity index is 359. The molecule has 0 aromatic rings. The summed E-state index contributed by atoms with van der Waals surface area (Å²) in [4.78, 5) is 0. The maximum atomic E-state index is 13.2. The lowest BCUT2D eigenvalue weighted by atomic mass is 9.98. The molecule has 0 rings (SSSR count). The molecule has 11 heteroatoms. The lowest BCUT2D eigenvalue weighted by Crippen LogP contribution is -2.61. The normalized spacial score (nSPS) is 17.0. The fourth-order valence-electron chi connectivity index (χ4n) is 1.53. The quantitative estimate of drug-likeness (QED) is 0.584. The highest BCUT2D eigenvalue weighted by Gasteiger charge is 2.81. The molecule has 0 aliphatic carbocycles. The summed E-state index contributed by atoms with van der Waals surface area (Å²) in [6.07, 6.45) is -11.2. The van der Waals surface area contributed by atoms with Crippen LogP contribution in [-0.2, 0) is 0 Å². The zero-order chi connectivity index (χ0) is 17.5. The highest BCUT2D eigenvalue weighted by atomic mass is 19.4. The van der Waals surface area contributed by atoms with E-state index in [1.807, 2.05) is 0 Å². The summed E-state index contributed by atoms with van der Waals surface area (Å²) < 4.78 is 113. The van der Waals surface area contributed by atoms with Crippen molar-refractivity contribution >= 4 is 0 Å². The highest BCUT2D eigenvalue weighted by Crippen LogP contribution is 2.54. The molecule has 0 aliphatic rings. The predicted molar refractivity (Wildman–Crippen MR) is 54.4 cm³/mol. The van der Waals surface area contributed by atoms with Gasteiger partial charge in [0.25, 0.3) is 0 Å². The number of nitrogens with zero attached hydrogens (tertiary/aromatic N) is 1. The number of alkyl halides is 9. The molecule has 0 heterocycles. The van der Waals surface area contributed by atoms with Crippen molar-refractivity contribution in [3.8, 4) is 0 Å². The summed E-state index contributed by atoms with van der Waals surface area (Å²) in [6, 6.07) is 0. The van der Waals surface area contributed by atoms with E-state index in [0.717, 1.165) is 0 Å². The Morgan fingerprint density at radius 3 is 1.48 bits per heavy atom. The largest absolute Gasteiger partial charge is 0.460 e. The fourth-order valence-corrected chi connectivity index (χ4v) is 1.53. The number of hydrogen-bond acceptors (Lipinski definition) is 1. The smallest absolute Gasteiger partial charge is 0.387 e. The minimum absolute atomic E-state index is 0.182. The van der Waals surface area contributed by atoms with E-state index in [1.54, 1.807) is 0 Å². The first-order valence-electron chi connectivity index (χ1n) is 5.54. The van der Waals surface area contributed by atoms with E-state index in [1.165, 1.54) is 21.1 Å². The van der Waals surface area contributed by atoms with Crippen LogP contribution in [0.4, 0.5) is 39.5 Å². The Kier molecular flexibility index (Phi) is 5.30. The number of quaternary nitrogens is 1. The second-order valence-corrected chi connectivity index (χ2v) is 5.68. The van der Waals surface area contributed by atoms with Crippen molar-refractivity contribution in [1.29, 1.82) is 0 Å². The molecule has 1 unspecified atom stereocenters. The van der Waals surface area contributed by atoms with Crippen LogP contribution >= 0.6 is 0 Å². The van der Waals surface area contributed by atoms with Gasteiger partial charge >= 0.3 is 23.9 Å². The number of aliphatic hydroxyl groups excluding tert-OH is 1. The molecule has 0 radical (unpaired) electrons. The summed E-state index contributed by atoms with van der Waals surface area (Å²) in [5.74, 6) is -19.3. The molecule has 0 aromatic carbocycles. The molecule has 1 atom stereocenters. The van der Waals surface area contributed by atoms with Crippen molar-refractivity contribution in [2.24, 2.45) is 0 Å². The lowest BCUT2D eigenvalue weighted by Gasteiger charge is -2.35. The SMILES string of the molecule is C[N+](C)(C)CC(O)CC(F)(F)C(F)(F)C(F)(F)C(F)(F)F. The maximum Gasteiger partial charge on any atom is 0.460 e. The van der Waals surface area contributed by atoms with Crippen LogP contribution in [0.3, 0.4) is 0 Å². The number of aliphatic hydroxyl groups is 1. The summed E-state index contributed by atoms with van der Waals surface area (Å²) >= 11 is 0. The minimum atomic E-state index is -6.92. The summed E-state index contributed by atoms with van der Waals surface area (Å²) in [7, 11) is 4.14. The van der Waals surface area contributed by atoms with Crippen molar-refractivity contribution < 1.29 is 49.1 Å². The van der Waals surface area contributed by atoms with Gasteiger partial charge in [0.2, 0.25) is 0 Å². The summed E-state index contributed by atoms with van der Waals surface area (Å²) in [5.41, 5.74) is 0. The van der Waals surface area contributed by atoms with Crippen LogP contribution in [0, 0.1) is 0 Å². The molecule has 1 N–H and O–H groups in total. The zero-order valence-corrected chi connectivity index (χ0v) is 11.3. The van der Waals surface area contributed by atoms with E-state index in [9.17, 15) is 44.6 Å². The molecular weight excluding hydrogens is 321 g/mol. The topological polar surface area (TPSA) is 20.2 Å². The zero-order valence-electron chi connectivity index (χ0n) is 11.3. The van der Waals surface area contributed by atoms with Crippen LogP contribution in [0.15, 0.2) is 0 Å². The fraction of sp³-hybridized carbons (Fsp3) is 1.00. The Morgan fingerprint density at radius 1 is 0.810 bits per heavy atom. The van der Waals surface area contributed by atoms with Crippen LogP contribution in [0.5, 0.6) is 0 Å². The molecule has 0 spiro atoms. The van der Waals surface area contributed by atoms with Gasteiger partial charge in [-0.1, -0.05) is 0 Å². The van der Waals surface area contributed by atoms with Gasteiger partial charge in [0.15, 0.2) is 0 Å². The molecule has 128 valence electrons. The molecule has 0 aliphatic heterocycles. The Hall–Kier alpha value is -0.710. The van der Waals surface area contributed by atoms with Crippen molar-refractivity contribution in [2.45, 2.75) is 36.5 Å². The van der Waals surface area contributed by atoms with Gasteiger partial charge in [-0.15, -0.1) is 0 Å². The highest BCUT2D eigenvalue weighted by molar-refractivity contribution is 5.00. The van der Waals surface area contributed by atoms with Gasteiger partial charge in [-0.3, -0.25) is 0 Å². The lowest BCUT2D eigenvalue weighted by molar-refractivity contribution is -0.873. The van der Waals surface area contributed by atoms with E-state index in [4.69, 9.17) is 0 Å². The molecule has 2 nitrogen and oxygen atoms in total. The molecular formula is C10H15F9NO+. The van der Waals surface area contributed by atoms with E-state index in [-0.39, 0.29) is 4.48 Å². The first kappa shape index (κ1) is 20.3. The molecule has 0 amide bonds. The predicted octanol–water partition coefficient (Wildman–Crippen LogP) is 2.91. The van der Waals surface area contributed by atoms with E-state index >= 15 is 0 Å². The van der Waals surface area contributed by atoms with Crippen LogP contribution in [0.1, 0.15) is 6.42 Å². The van der Waals surface area contributed by atoms with Gasteiger partial charge in [-0.2, -0.15) is 39.5 Å². The summed E-state index contributed by atoms with van der Waals surface area (Å²) in [6.45, 7) is -0.538. The van der Waals surface area contributed by atoms with Gasteiger partial charge in [0, 0.05) is 6.42 Å². The number of rotatable bonds is 6. The van der Waals surface area contributed by atoms with E-state index in [0.29, 0.717) is 0 Å². The molecule has 21 heavy (non-hydrogen) atoms. The summed E-state index contributed by atoms with van der Waals surface area (Å²) in [5, 5.41) is 9.20.